The minimum Gasteiger partial charge on any atom is -0.304 e. The number of rotatable bonds is 4. The zero-order valence-electron chi connectivity index (χ0n) is 16.1. The summed E-state index contributed by atoms with van der Waals surface area (Å²) in [7, 11) is 0. The molecule has 0 radical (unpaired) electrons. The second-order valence-corrected chi connectivity index (χ2v) is 7.02. The highest BCUT2D eigenvalue weighted by Crippen LogP contribution is 2.22. The van der Waals surface area contributed by atoms with E-state index in [1.807, 2.05) is 66.9 Å². The fourth-order valence-electron chi connectivity index (χ4n) is 3.53. The van der Waals surface area contributed by atoms with Gasteiger partial charge in [-0.05, 0) is 48.0 Å². The van der Waals surface area contributed by atoms with Crippen LogP contribution in [0, 0.1) is 0 Å². The molecule has 1 amide bonds. The number of hydrogen-bond donors (Lipinski definition) is 0. The van der Waals surface area contributed by atoms with Gasteiger partial charge in [0, 0.05) is 35.2 Å². The van der Waals surface area contributed by atoms with Crippen molar-refractivity contribution >= 4 is 33.5 Å². The van der Waals surface area contributed by atoms with Crippen LogP contribution in [-0.2, 0) is 6.54 Å². The molecule has 0 aliphatic carbocycles. The molecule has 0 aliphatic heterocycles. The molecule has 0 bridgehead atoms. The highest BCUT2D eigenvalue weighted by molar-refractivity contribution is 6.07. The number of hydrogen-bond acceptors (Lipinski definition) is 4. The number of para-hydroxylation sites is 2. The second-order valence-electron chi connectivity index (χ2n) is 7.02. The van der Waals surface area contributed by atoms with E-state index in [4.69, 9.17) is 0 Å². The van der Waals surface area contributed by atoms with Gasteiger partial charge in [0.2, 0.25) is 0 Å². The van der Waals surface area contributed by atoms with E-state index in [0.717, 1.165) is 27.7 Å². The van der Waals surface area contributed by atoms with Crippen LogP contribution in [0.25, 0.3) is 21.9 Å². The first kappa shape index (κ1) is 17.9. The molecule has 0 unspecified atom stereocenters. The summed E-state index contributed by atoms with van der Waals surface area (Å²) in [5.41, 5.74) is 4.76. The molecule has 5 heteroatoms. The van der Waals surface area contributed by atoms with E-state index in [1.54, 1.807) is 29.4 Å². The maximum absolute atomic E-state index is 13.5. The average molecular weight is 390 g/mol. The molecular weight excluding hydrogens is 372 g/mol. The molecule has 0 N–H and O–H groups in total. The summed E-state index contributed by atoms with van der Waals surface area (Å²) in [6.07, 6.45) is 5.11. The number of carbonyl (C=O) groups excluding carboxylic acids is 1. The van der Waals surface area contributed by atoms with Crippen LogP contribution in [0.15, 0.2) is 97.5 Å². The van der Waals surface area contributed by atoms with Gasteiger partial charge in [-0.1, -0.05) is 36.4 Å². The summed E-state index contributed by atoms with van der Waals surface area (Å²) in [5.74, 6) is -0.0955. The maximum Gasteiger partial charge on any atom is 0.258 e. The predicted octanol–water partition coefficient (Wildman–Crippen LogP) is 5.03. The summed E-state index contributed by atoms with van der Waals surface area (Å²) < 4.78 is 0. The molecular formula is C25H18N4O. The third-order valence-corrected chi connectivity index (χ3v) is 5.02. The average Bonchev–Trinajstić information content (AvgIpc) is 2.82. The van der Waals surface area contributed by atoms with Crippen molar-refractivity contribution in [1.29, 1.82) is 0 Å². The highest BCUT2D eigenvalue weighted by atomic mass is 16.2. The Morgan fingerprint density at radius 2 is 1.50 bits per heavy atom. The van der Waals surface area contributed by atoms with E-state index < -0.39 is 0 Å². The molecule has 144 valence electrons. The molecule has 0 spiro atoms. The molecule has 0 saturated heterocycles. The Morgan fingerprint density at radius 1 is 0.733 bits per heavy atom. The SMILES string of the molecule is O=C(c1ccc2nccnc2c1)N(Cc1cnc2ccccc2c1)c1ccccc1. The van der Waals surface area contributed by atoms with Crippen molar-refractivity contribution in [2.45, 2.75) is 6.54 Å². The van der Waals surface area contributed by atoms with Crippen LogP contribution in [0.4, 0.5) is 5.69 Å². The first-order valence-corrected chi connectivity index (χ1v) is 9.69. The van der Waals surface area contributed by atoms with Crippen LogP contribution in [-0.4, -0.2) is 20.9 Å². The molecule has 5 aromatic rings. The molecule has 2 aromatic heterocycles. The molecule has 30 heavy (non-hydrogen) atoms. The number of carbonyl (C=O) groups is 1. The van der Waals surface area contributed by atoms with Crippen molar-refractivity contribution < 1.29 is 4.79 Å². The van der Waals surface area contributed by atoms with Crippen molar-refractivity contribution in [3.05, 3.63) is 109 Å². The Bertz CT molecular complexity index is 1350. The first-order chi connectivity index (χ1) is 14.8. The van der Waals surface area contributed by atoms with E-state index in [9.17, 15) is 4.79 Å². The summed E-state index contributed by atoms with van der Waals surface area (Å²) in [4.78, 5) is 28.4. The summed E-state index contributed by atoms with van der Waals surface area (Å²) in [5, 5.41) is 1.05. The van der Waals surface area contributed by atoms with E-state index in [2.05, 4.69) is 21.0 Å². The fraction of sp³-hybridized carbons (Fsp3) is 0.0400. The standard InChI is InChI=1S/C25H18N4O/c30-25(20-10-11-23-24(15-20)27-13-12-26-23)29(21-7-2-1-3-8-21)17-18-14-19-6-4-5-9-22(19)28-16-18/h1-16H,17H2. The van der Waals surface area contributed by atoms with Crippen LogP contribution >= 0.6 is 0 Å². The molecule has 3 aromatic carbocycles. The van der Waals surface area contributed by atoms with Crippen molar-refractivity contribution in [1.82, 2.24) is 15.0 Å². The number of anilines is 1. The zero-order valence-corrected chi connectivity index (χ0v) is 16.1. The number of pyridine rings is 1. The van der Waals surface area contributed by atoms with Gasteiger partial charge in [0.1, 0.15) is 0 Å². The van der Waals surface area contributed by atoms with Gasteiger partial charge < -0.3 is 4.90 Å². The molecule has 2 heterocycles. The van der Waals surface area contributed by atoms with Crippen LogP contribution in [0.2, 0.25) is 0 Å². The number of nitrogens with zero attached hydrogens (tertiary/aromatic N) is 4. The van der Waals surface area contributed by atoms with E-state index in [0.29, 0.717) is 17.6 Å². The fourth-order valence-corrected chi connectivity index (χ4v) is 3.53. The van der Waals surface area contributed by atoms with Gasteiger partial charge in [-0.3, -0.25) is 19.7 Å². The summed E-state index contributed by atoms with van der Waals surface area (Å²) >= 11 is 0. The highest BCUT2D eigenvalue weighted by Gasteiger charge is 2.19. The van der Waals surface area contributed by atoms with Gasteiger partial charge in [0.05, 0.1) is 23.1 Å². The Kier molecular flexibility index (Phi) is 4.62. The molecule has 0 fully saturated rings. The lowest BCUT2D eigenvalue weighted by Gasteiger charge is -2.23. The van der Waals surface area contributed by atoms with Gasteiger partial charge in [-0.2, -0.15) is 0 Å². The second kappa shape index (κ2) is 7.72. The lowest BCUT2D eigenvalue weighted by atomic mass is 10.1. The van der Waals surface area contributed by atoms with Crippen molar-refractivity contribution in [2.75, 3.05) is 4.90 Å². The third kappa shape index (κ3) is 3.49. The summed E-state index contributed by atoms with van der Waals surface area (Å²) in [6.45, 7) is 0.416. The Labute approximate surface area is 173 Å². The molecule has 0 saturated carbocycles. The minimum absolute atomic E-state index is 0.0955. The van der Waals surface area contributed by atoms with E-state index in [1.165, 1.54) is 0 Å². The van der Waals surface area contributed by atoms with Crippen LogP contribution in [0.1, 0.15) is 15.9 Å². The smallest absolute Gasteiger partial charge is 0.258 e. The Morgan fingerprint density at radius 3 is 2.37 bits per heavy atom. The van der Waals surface area contributed by atoms with E-state index in [-0.39, 0.29) is 5.91 Å². The minimum atomic E-state index is -0.0955. The lowest BCUT2D eigenvalue weighted by molar-refractivity contribution is 0.0985. The molecule has 0 aliphatic rings. The van der Waals surface area contributed by atoms with Crippen molar-refractivity contribution in [3.8, 4) is 0 Å². The first-order valence-electron chi connectivity index (χ1n) is 9.69. The quantitative estimate of drug-likeness (QED) is 0.432. The van der Waals surface area contributed by atoms with E-state index >= 15 is 0 Å². The zero-order chi connectivity index (χ0) is 20.3. The van der Waals surface area contributed by atoms with Crippen molar-refractivity contribution in [2.24, 2.45) is 0 Å². The van der Waals surface area contributed by atoms with Gasteiger partial charge in [0.15, 0.2) is 0 Å². The number of benzene rings is 3. The molecule has 0 atom stereocenters. The normalized spacial score (nSPS) is 10.9. The lowest BCUT2D eigenvalue weighted by Crippen LogP contribution is -2.30. The number of amides is 1. The van der Waals surface area contributed by atoms with Gasteiger partial charge in [-0.25, -0.2) is 0 Å². The molecule has 5 nitrogen and oxygen atoms in total. The van der Waals surface area contributed by atoms with Crippen LogP contribution in [0.3, 0.4) is 0 Å². The van der Waals surface area contributed by atoms with Gasteiger partial charge in [0.25, 0.3) is 5.91 Å². The summed E-state index contributed by atoms with van der Waals surface area (Å²) in [6, 6.07) is 25.1. The Hall–Kier alpha value is -4.12. The Balaban J connectivity index is 1.54. The monoisotopic (exact) mass is 390 g/mol. The predicted molar refractivity (Wildman–Crippen MR) is 118 cm³/mol. The maximum atomic E-state index is 13.5. The van der Waals surface area contributed by atoms with Crippen LogP contribution < -0.4 is 4.90 Å². The van der Waals surface area contributed by atoms with Gasteiger partial charge in [-0.15, -0.1) is 0 Å². The van der Waals surface area contributed by atoms with Gasteiger partial charge >= 0.3 is 0 Å². The number of aromatic nitrogens is 3. The van der Waals surface area contributed by atoms with Crippen LogP contribution in [0.5, 0.6) is 0 Å². The van der Waals surface area contributed by atoms with Crippen molar-refractivity contribution in [3.63, 3.8) is 0 Å². The third-order valence-electron chi connectivity index (χ3n) is 5.02. The topological polar surface area (TPSA) is 59.0 Å². The number of fused-ring (bicyclic) bond motifs is 2. The molecule has 5 rings (SSSR count). The largest absolute Gasteiger partial charge is 0.304 e.